The summed E-state index contributed by atoms with van der Waals surface area (Å²) in [6.45, 7) is 2.61. The first-order valence-corrected chi connectivity index (χ1v) is 10.9. The van der Waals surface area contributed by atoms with Crippen LogP contribution >= 0.6 is 27.7 Å². The summed E-state index contributed by atoms with van der Waals surface area (Å²) in [6, 6.07) is 9.21. The molecule has 1 aliphatic heterocycles. The van der Waals surface area contributed by atoms with Gasteiger partial charge in [-0.25, -0.2) is 0 Å². The molecular formula is C20H22BrN3O4S. The van der Waals surface area contributed by atoms with Crippen molar-refractivity contribution in [3.63, 3.8) is 0 Å². The minimum absolute atomic E-state index is 0.0542. The van der Waals surface area contributed by atoms with Gasteiger partial charge in [0.05, 0.1) is 29.5 Å². The summed E-state index contributed by atoms with van der Waals surface area (Å²) in [5, 5.41) is 15.5. The topological polar surface area (TPSA) is 108 Å². The number of carbonyl (C=O) groups excluding carboxylic acids is 3. The molecule has 0 spiro atoms. The van der Waals surface area contributed by atoms with Crippen molar-refractivity contribution < 1.29 is 19.1 Å². The molecule has 154 valence electrons. The maximum absolute atomic E-state index is 12.7. The van der Waals surface area contributed by atoms with E-state index < -0.39 is 23.7 Å². The molecule has 0 saturated carbocycles. The van der Waals surface area contributed by atoms with Crippen LogP contribution in [-0.2, 0) is 19.1 Å². The monoisotopic (exact) mass is 479 g/mol. The average molecular weight is 480 g/mol. The molecule has 0 aliphatic carbocycles. The molecule has 0 aromatic heterocycles. The Morgan fingerprint density at radius 3 is 2.79 bits per heavy atom. The highest BCUT2D eigenvalue weighted by Crippen LogP contribution is 2.40. The van der Waals surface area contributed by atoms with Crippen LogP contribution in [0.5, 0.6) is 0 Å². The van der Waals surface area contributed by atoms with Crippen LogP contribution in [0.4, 0.5) is 0 Å². The van der Waals surface area contributed by atoms with Crippen molar-refractivity contribution in [3.8, 4) is 6.07 Å². The number of amides is 2. The van der Waals surface area contributed by atoms with E-state index in [1.807, 2.05) is 13.0 Å². The van der Waals surface area contributed by atoms with Crippen LogP contribution in [0.2, 0.25) is 0 Å². The third-order valence-electron chi connectivity index (χ3n) is 4.39. The van der Waals surface area contributed by atoms with Crippen LogP contribution in [0.3, 0.4) is 0 Å². The molecule has 2 atom stereocenters. The van der Waals surface area contributed by atoms with Gasteiger partial charge in [-0.2, -0.15) is 5.26 Å². The Kier molecular flexibility index (Phi) is 8.73. The fraction of sp³-hybridized carbons (Fsp3) is 0.400. The molecule has 0 radical (unpaired) electrons. The Morgan fingerprint density at radius 1 is 1.41 bits per heavy atom. The first kappa shape index (κ1) is 23.0. The molecule has 1 aromatic carbocycles. The van der Waals surface area contributed by atoms with Crippen LogP contribution in [0, 0.1) is 17.2 Å². The molecule has 0 unspecified atom stereocenters. The number of thioether (sulfide) groups is 1. The number of nitrogens with zero attached hydrogens (tertiary/aromatic N) is 1. The summed E-state index contributed by atoms with van der Waals surface area (Å²) in [4.78, 5) is 37.1. The number of carbonyl (C=O) groups is 3. The summed E-state index contributed by atoms with van der Waals surface area (Å²) in [5.74, 6) is -3.40. The molecule has 2 amide bonds. The minimum atomic E-state index is -1.19. The molecule has 1 heterocycles. The molecule has 1 aromatic rings. The molecule has 0 bridgehead atoms. The first-order chi connectivity index (χ1) is 13.9. The van der Waals surface area contributed by atoms with Gasteiger partial charge in [-0.15, -0.1) is 0 Å². The predicted molar refractivity (Wildman–Crippen MR) is 114 cm³/mol. The molecule has 2 N–H and O–H groups in total. The number of benzene rings is 1. The number of hydrogen-bond acceptors (Lipinski definition) is 6. The van der Waals surface area contributed by atoms with E-state index >= 15 is 0 Å². The van der Waals surface area contributed by atoms with Gasteiger partial charge in [0.15, 0.2) is 0 Å². The number of rotatable bonds is 8. The van der Waals surface area contributed by atoms with Crippen molar-refractivity contribution in [2.45, 2.75) is 25.7 Å². The second kappa shape index (κ2) is 11.0. The van der Waals surface area contributed by atoms with Crippen LogP contribution < -0.4 is 10.6 Å². The van der Waals surface area contributed by atoms with Crippen LogP contribution in [0.25, 0.3) is 0 Å². The summed E-state index contributed by atoms with van der Waals surface area (Å²) in [7, 11) is 1.20. The second-order valence-electron chi connectivity index (χ2n) is 6.37. The quantitative estimate of drug-likeness (QED) is 0.337. The predicted octanol–water partition coefficient (Wildman–Crippen LogP) is 2.84. The summed E-state index contributed by atoms with van der Waals surface area (Å²) < 4.78 is 5.56. The largest absolute Gasteiger partial charge is 0.468 e. The van der Waals surface area contributed by atoms with Gasteiger partial charge in [-0.3, -0.25) is 14.4 Å². The number of methoxy groups -OCH3 is 1. The molecular weight excluding hydrogens is 458 g/mol. The SMILES string of the molecule is CCCCNC(=O)CSC1=C(C#N)[C@@H](c2cccc(Br)c2)[C@@H](C(=O)OC)C(=O)N1. The third-order valence-corrected chi connectivity index (χ3v) is 5.90. The number of unbranched alkanes of at least 4 members (excludes halogenated alkanes) is 1. The van der Waals surface area contributed by atoms with Crippen molar-refractivity contribution in [2.24, 2.45) is 5.92 Å². The molecule has 0 fully saturated rings. The Hall–Kier alpha value is -2.31. The minimum Gasteiger partial charge on any atom is -0.468 e. The smallest absolute Gasteiger partial charge is 0.319 e. The molecule has 0 saturated heterocycles. The Morgan fingerprint density at radius 2 is 2.17 bits per heavy atom. The van der Waals surface area contributed by atoms with Gasteiger partial charge < -0.3 is 15.4 Å². The average Bonchev–Trinajstić information content (AvgIpc) is 2.71. The lowest BCUT2D eigenvalue weighted by molar-refractivity contribution is -0.150. The van der Waals surface area contributed by atoms with Crippen LogP contribution in [-0.4, -0.2) is 37.2 Å². The van der Waals surface area contributed by atoms with E-state index in [-0.39, 0.29) is 22.3 Å². The van der Waals surface area contributed by atoms with E-state index in [2.05, 4.69) is 32.6 Å². The normalized spacial score (nSPS) is 18.6. The fourth-order valence-electron chi connectivity index (χ4n) is 2.97. The number of ether oxygens (including phenoxy) is 1. The third kappa shape index (κ3) is 5.84. The van der Waals surface area contributed by atoms with Gasteiger partial charge in [0, 0.05) is 16.9 Å². The van der Waals surface area contributed by atoms with Crippen LogP contribution in [0.15, 0.2) is 39.3 Å². The van der Waals surface area contributed by atoms with Crippen molar-refractivity contribution in [2.75, 3.05) is 19.4 Å². The van der Waals surface area contributed by atoms with E-state index in [1.165, 1.54) is 7.11 Å². The molecule has 29 heavy (non-hydrogen) atoms. The van der Waals surface area contributed by atoms with Crippen molar-refractivity contribution >= 4 is 45.5 Å². The number of nitrogens with one attached hydrogen (secondary N) is 2. The van der Waals surface area contributed by atoms with E-state index in [1.54, 1.807) is 18.2 Å². The maximum Gasteiger partial charge on any atom is 0.319 e. The number of halogens is 1. The summed E-state index contributed by atoms with van der Waals surface area (Å²) >= 11 is 4.45. The highest BCUT2D eigenvalue weighted by Gasteiger charge is 2.44. The highest BCUT2D eigenvalue weighted by atomic mass is 79.9. The van der Waals surface area contributed by atoms with Gasteiger partial charge >= 0.3 is 5.97 Å². The van der Waals surface area contributed by atoms with Gasteiger partial charge in [-0.05, 0) is 24.1 Å². The fourth-order valence-corrected chi connectivity index (χ4v) is 4.27. The number of nitriles is 1. The van der Waals surface area contributed by atoms with E-state index in [0.29, 0.717) is 12.1 Å². The lowest BCUT2D eigenvalue weighted by atomic mass is 9.78. The summed E-state index contributed by atoms with van der Waals surface area (Å²) in [6.07, 6.45) is 1.85. The molecule has 2 rings (SSSR count). The van der Waals surface area contributed by atoms with Gasteiger partial charge in [0.25, 0.3) is 0 Å². The van der Waals surface area contributed by atoms with Gasteiger partial charge in [0.1, 0.15) is 5.92 Å². The van der Waals surface area contributed by atoms with Crippen molar-refractivity contribution in [1.82, 2.24) is 10.6 Å². The maximum atomic E-state index is 12.7. The lowest BCUT2D eigenvalue weighted by Crippen LogP contribution is -2.44. The highest BCUT2D eigenvalue weighted by molar-refractivity contribution is 9.10. The van der Waals surface area contributed by atoms with Crippen molar-refractivity contribution in [3.05, 3.63) is 44.9 Å². The number of esters is 1. The van der Waals surface area contributed by atoms with E-state index in [0.717, 1.165) is 29.1 Å². The van der Waals surface area contributed by atoms with Crippen LogP contribution in [0.1, 0.15) is 31.2 Å². The Balaban J connectivity index is 2.37. The second-order valence-corrected chi connectivity index (χ2v) is 8.27. The zero-order valence-corrected chi connectivity index (χ0v) is 18.6. The molecule has 9 heteroatoms. The van der Waals surface area contributed by atoms with E-state index in [4.69, 9.17) is 4.74 Å². The van der Waals surface area contributed by atoms with Gasteiger partial charge in [0.2, 0.25) is 11.8 Å². The Bertz CT molecular complexity index is 866. The van der Waals surface area contributed by atoms with Crippen molar-refractivity contribution in [1.29, 1.82) is 5.26 Å². The zero-order valence-electron chi connectivity index (χ0n) is 16.2. The number of allylic oxidation sites excluding steroid dienone is 1. The summed E-state index contributed by atoms with van der Waals surface area (Å²) in [5.41, 5.74) is 0.858. The first-order valence-electron chi connectivity index (χ1n) is 9.10. The Labute approximate surface area is 182 Å². The molecule has 1 aliphatic rings. The lowest BCUT2D eigenvalue weighted by Gasteiger charge is -2.31. The molecule has 7 nitrogen and oxygen atoms in total. The standard InChI is InChI=1S/C20H22BrN3O4S/c1-3-4-8-23-15(25)11-29-19-14(10-22)16(12-6-5-7-13(21)9-12)17(18(26)24-19)20(27)28-2/h5-7,9,16-17H,3-4,8,11H2,1-2H3,(H,23,25)(H,24,26)/t16-,17-/m1/s1. The number of hydrogen-bond donors (Lipinski definition) is 2. The van der Waals surface area contributed by atoms with E-state index in [9.17, 15) is 19.6 Å². The zero-order chi connectivity index (χ0) is 21.4. The van der Waals surface area contributed by atoms with Gasteiger partial charge in [-0.1, -0.05) is 53.2 Å².